The molecule has 0 unspecified atom stereocenters. The molecule has 27 heavy (non-hydrogen) atoms. The van der Waals surface area contributed by atoms with Gasteiger partial charge in [0, 0.05) is 31.0 Å². The van der Waals surface area contributed by atoms with Gasteiger partial charge in [0.25, 0.3) is 0 Å². The molecule has 3 aromatic heterocycles. The van der Waals surface area contributed by atoms with Crippen molar-refractivity contribution in [3.05, 3.63) is 60.7 Å². The lowest BCUT2D eigenvalue weighted by Gasteiger charge is -2.07. The number of carbonyl (C=O) groups is 1. The van der Waals surface area contributed by atoms with Gasteiger partial charge >= 0.3 is 5.97 Å². The zero-order valence-corrected chi connectivity index (χ0v) is 15.0. The molecule has 0 aliphatic carbocycles. The highest BCUT2D eigenvalue weighted by molar-refractivity contribution is 6.04. The summed E-state index contributed by atoms with van der Waals surface area (Å²) in [5.41, 5.74) is 2.17. The quantitative estimate of drug-likeness (QED) is 0.549. The van der Waals surface area contributed by atoms with Gasteiger partial charge in [-0.15, -0.1) is 0 Å². The fraction of sp³-hybridized carbons (Fsp3) is 0.158. The Morgan fingerprint density at radius 2 is 2.07 bits per heavy atom. The fourth-order valence-corrected chi connectivity index (χ4v) is 2.90. The number of rotatable bonds is 5. The van der Waals surface area contributed by atoms with Crippen molar-refractivity contribution >= 4 is 28.5 Å². The smallest absolute Gasteiger partial charge is 0.340 e. The summed E-state index contributed by atoms with van der Waals surface area (Å²) in [4.78, 5) is 21.1. The maximum absolute atomic E-state index is 12.3. The van der Waals surface area contributed by atoms with E-state index in [2.05, 4.69) is 20.4 Å². The van der Waals surface area contributed by atoms with Gasteiger partial charge < -0.3 is 14.6 Å². The van der Waals surface area contributed by atoms with Gasteiger partial charge in [0.15, 0.2) is 0 Å². The average molecular weight is 362 g/mol. The van der Waals surface area contributed by atoms with Crippen LogP contribution in [0.1, 0.15) is 17.3 Å². The second-order valence-corrected chi connectivity index (χ2v) is 5.92. The topological polar surface area (TPSA) is 86.9 Å². The van der Waals surface area contributed by atoms with Crippen molar-refractivity contribution < 1.29 is 9.53 Å². The summed E-state index contributed by atoms with van der Waals surface area (Å²) in [6, 6.07) is 9.44. The Labute approximate surface area is 155 Å². The third-order valence-electron chi connectivity index (χ3n) is 4.06. The first-order valence-corrected chi connectivity index (χ1v) is 8.52. The normalized spacial score (nSPS) is 10.9. The minimum absolute atomic E-state index is 0.324. The minimum Gasteiger partial charge on any atom is -0.462 e. The van der Waals surface area contributed by atoms with Crippen LogP contribution in [0.5, 0.6) is 0 Å². The Hall–Kier alpha value is -3.68. The second-order valence-electron chi connectivity index (χ2n) is 5.92. The number of aryl methyl sites for hydroxylation is 1. The van der Waals surface area contributed by atoms with Crippen molar-refractivity contribution in [2.75, 3.05) is 11.9 Å². The summed E-state index contributed by atoms with van der Waals surface area (Å²) in [6.45, 7) is 2.11. The summed E-state index contributed by atoms with van der Waals surface area (Å²) >= 11 is 0. The number of carbonyl (C=O) groups excluding carboxylic acids is 1. The molecule has 0 atom stereocenters. The molecule has 0 saturated heterocycles. The first-order chi connectivity index (χ1) is 13.2. The van der Waals surface area contributed by atoms with Crippen molar-refractivity contribution in [3.8, 4) is 5.82 Å². The molecule has 8 heteroatoms. The number of para-hydroxylation sites is 1. The molecule has 1 aromatic carbocycles. The highest BCUT2D eigenvalue weighted by Gasteiger charge is 2.17. The van der Waals surface area contributed by atoms with Crippen LogP contribution in [-0.4, -0.2) is 36.9 Å². The van der Waals surface area contributed by atoms with Crippen molar-refractivity contribution in [1.29, 1.82) is 0 Å². The van der Waals surface area contributed by atoms with Crippen LogP contribution in [0.2, 0.25) is 0 Å². The Morgan fingerprint density at radius 1 is 1.22 bits per heavy atom. The van der Waals surface area contributed by atoms with E-state index in [1.807, 2.05) is 42.1 Å². The number of hydrogen-bond acceptors (Lipinski definition) is 6. The first-order valence-electron chi connectivity index (χ1n) is 8.52. The van der Waals surface area contributed by atoms with Gasteiger partial charge in [-0.05, 0) is 19.1 Å². The van der Waals surface area contributed by atoms with E-state index in [-0.39, 0.29) is 5.97 Å². The number of fused-ring (bicyclic) bond motifs is 1. The molecular weight excluding hydrogens is 344 g/mol. The molecule has 4 aromatic rings. The molecule has 0 amide bonds. The van der Waals surface area contributed by atoms with Crippen LogP contribution in [0.4, 0.5) is 11.6 Å². The van der Waals surface area contributed by atoms with Crippen LogP contribution >= 0.6 is 0 Å². The van der Waals surface area contributed by atoms with E-state index in [0.717, 1.165) is 16.6 Å². The second kappa shape index (κ2) is 6.91. The average Bonchev–Trinajstić information content (AvgIpc) is 3.26. The summed E-state index contributed by atoms with van der Waals surface area (Å²) in [7, 11) is 1.84. The summed E-state index contributed by atoms with van der Waals surface area (Å²) < 4.78 is 8.73. The Morgan fingerprint density at radius 3 is 2.85 bits per heavy atom. The predicted octanol–water partition coefficient (Wildman–Crippen LogP) is 3.07. The largest absolute Gasteiger partial charge is 0.462 e. The molecule has 0 saturated carbocycles. The van der Waals surface area contributed by atoms with Crippen LogP contribution in [-0.2, 0) is 11.8 Å². The molecule has 1 N–H and O–H groups in total. The molecule has 0 aliphatic rings. The lowest BCUT2D eigenvalue weighted by atomic mass is 10.2. The molecule has 4 rings (SSSR count). The van der Waals surface area contributed by atoms with Gasteiger partial charge in [-0.3, -0.25) is 4.68 Å². The first kappa shape index (κ1) is 16.8. The van der Waals surface area contributed by atoms with Gasteiger partial charge in [-0.25, -0.2) is 9.78 Å². The molecule has 0 aliphatic heterocycles. The molecule has 8 nitrogen and oxygen atoms in total. The number of benzene rings is 1. The van der Waals surface area contributed by atoms with Crippen LogP contribution in [0, 0.1) is 0 Å². The third-order valence-corrected chi connectivity index (χ3v) is 4.06. The Kier molecular flexibility index (Phi) is 4.29. The van der Waals surface area contributed by atoms with Gasteiger partial charge in [0.1, 0.15) is 5.82 Å². The summed E-state index contributed by atoms with van der Waals surface area (Å²) in [6.07, 6.45) is 6.94. The van der Waals surface area contributed by atoms with E-state index < -0.39 is 0 Å². The monoisotopic (exact) mass is 362 g/mol. The number of aromatic nitrogens is 5. The molecule has 0 spiro atoms. The zero-order valence-electron chi connectivity index (χ0n) is 15.0. The molecule has 0 radical (unpaired) electrons. The fourth-order valence-electron chi connectivity index (χ4n) is 2.90. The number of nitrogens with zero attached hydrogens (tertiary/aromatic N) is 5. The van der Waals surface area contributed by atoms with Crippen molar-refractivity contribution in [2.45, 2.75) is 6.92 Å². The number of ether oxygens (including phenoxy) is 1. The van der Waals surface area contributed by atoms with E-state index in [0.29, 0.717) is 23.9 Å². The number of anilines is 2. The maximum Gasteiger partial charge on any atom is 0.340 e. The Bertz CT molecular complexity index is 1110. The van der Waals surface area contributed by atoms with Crippen LogP contribution in [0.15, 0.2) is 55.1 Å². The van der Waals surface area contributed by atoms with E-state index in [9.17, 15) is 4.79 Å². The van der Waals surface area contributed by atoms with Crippen LogP contribution in [0.25, 0.3) is 16.7 Å². The van der Waals surface area contributed by atoms with Gasteiger partial charge in [0.05, 0.1) is 29.6 Å². The van der Waals surface area contributed by atoms with Gasteiger partial charge in [-0.1, -0.05) is 18.2 Å². The van der Waals surface area contributed by atoms with Gasteiger partial charge in [-0.2, -0.15) is 10.1 Å². The molecule has 0 fully saturated rings. The molecule has 3 heterocycles. The molecular formula is C19H18N6O2. The summed E-state index contributed by atoms with van der Waals surface area (Å²) in [5.74, 6) is 0.731. The highest BCUT2D eigenvalue weighted by Crippen LogP contribution is 2.25. The van der Waals surface area contributed by atoms with E-state index in [1.165, 1.54) is 0 Å². The minimum atomic E-state index is -0.352. The predicted molar refractivity (Wildman–Crippen MR) is 101 cm³/mol. The number of hydrogen-bond donors (Lipinski definition) is 1. The van der Waals surface area contributed by atoms with Crippen molar-refractivity contribution in [1.82, 2.24) is 24.3 Å². The van der Waals surface area contributed by atoms with Crippen LogP contribution < -0.4 is 5.32 Å². The van der Waals surface area contributed by atoms with Crippen molar-refractivity contribution in [2.24, 2.45) is 7.05 Å². The number of nitrogens with one attached hydrogen (secondary N) is 1. The lowest BCUT2D eigenvalue weighted by molar-refractivity contribution is 0.0528. The van der Waals surface area contributed by atoms with Gasteiger partial charge in [0.2, 0.25) is 5.95 Å². The van der Waals surface area contributed by atoms with E-state index in [1.54, 1.807) is 36.3 Å². The number of esters is 1. The maximum atomic E-state index is 12.3. The molecule has 136 valence electrons. The zero-order chi connectivity index (χ0) is 18.8. The standard InChI is InChI=1S/C19H18N6O2/c1-3-27-18(26)15-12-25(16-7-5-4-6-14(15)16)17-8-9-20-19(23-17)22-13-10-21-24(2)11-13/h4-12H,3H2,1-2H3,(H,20,22,23). The Balaban J connectivity index is 1.76. The van der Waals surface area contributed by atoms with E-state index >= 15 is 0 Å². The highest BCUT2D eigenvalue weighted by atomic mass is 16.5. The van der Waals surface area contributed by atoms with Crippen molar-refractivity contribution in [3.63, 3.8) is 0 Å². The van der Waals surface area contributed by atoms with Crippen LogP contribution in [0.3, 0.4) is 0 Å². The summed E-state index contributed by atoms with van der Waals surface area (Å²) in [5, 5.41) is 8.05. The molecule has 0 bridgehead atoms. The lowest BCUT2D eigenvalue weighted by Crippen LogP contribution is -2.04. The SMILES string of the molecule is CCOC(=O)c1cn(-c2ccnc(Nc3cnn(C)c3)n2)c2ccccc12. The van der Waals surface area contributed by atoms with E-state index in [4.69, 9.17) is 4.74 Å². The third kappa shape index (κ3) is 3.24.